The van der Waals surface area contributed by atoms with Crippen LogP contribution in [0.4, 0.5) is 0 Å². The van der Waals surface area contributed by atoms with Crippen molar-refractivity contribution >= 4 is 28.7 Å². The van der Waals surface area contributed by atoms with Gasteiger partial charge in [0.1, 0.15) is 6.04 Å². The lowest BCUT2D eigenvalue weighted by Gasteiger charge is -2.19. The van der Waals surface area contributed by atoms with Gasteiger partial charge in [0.25, 0.3) is 5.91 Å². The summed E-state index contributed by atoms with van der Waals surface area (Å²) in [5, 5.41) is 20.2. The molecule has 0 saturated carbocycles. The Kier molecular flexibility index (Phi) is 7.27. The summed E-state index contributed by atoms with van der Waals surface area (Å²) in [6, 6.07) is 8.37. The van der Waals surface area contributed by atoms with Crippen LogP contribution in [0.3, 0.4) is 0 Å². The van der Waals surface area contributed by atoms with Gasteiger partial charge in [-0.1, -0.05) is 5.21 Å². The van der Waals surface area contributed by atoms with E-state index in [-0.39, 0.29) is 24.8 Å². The molecule has 0 bridgehead atoms. The number of esters is 1. The number of amides is 2. The molecule has 4 rings (SSSR count). The van der Waals surface area contributed by atoms with Crippen molar-refractivity contribution in [2.45, 2.75) is 25.3 Å². The molecule has 2 amide bonds. The third-order valence-electron chi connectivity index (χ3n) is 5.64. The topological polar surface area (TPSA) is 169 Å². The standard InChI is InChI=1S/C23H24N8O4/c24-7-2-10-35-23(34)20-14-31(29-28-20)15-4-5-19-18(11-15)17(6-8-26-19)22(33)27-13-21(32)30-9-1-3-16(30)12-25/h4-6,8,11,14,16H,1-3,7,9-10,13,24H2,(H,27,33)/t16-/m0/s1. The summed E-state index contributed by atoms with van der Waals surface area (Å²) in [4.78, 5) is 43.3. The van der Waals surface area contributed by atoms with Gasteiger partial charge in [0.2, 0.25) is 5.91 Å². The van der Waals surface area contributed by atoms with E-state index in [1.807, 2.05) is 0 Å². The van der Waals surface area contributed by atoms with Crippen molar-refractivity contribution in [3.8, 4) is 11.8 Å². The van der Waals surface area contributed by atoms with Crippen LogP contribution in [0.5, 0.6) is 0 Å². The van der Waals surface area contributed by atoms with Crippen LogP contribution in [-0.2, 0) is 9.53 Å². The van der Waals surface area contributed by atoms with E-state index in [4.69, 9.17) is 10.5 Å². The van der Waals surface area contributed by atoms with Crippen molar-refractivity contribution in [1.29, 1.82) is 5.26 Å². The average Bonchev–Trinajstić information content (AvgIpc) is 3.56. The number of nitrogens with zero attached hydrogens (tertiary/aromatic N) is 6. The summed E-state index contributed by atoms with van der Waals surface area (Å²) in [7, 11) is 0. The van der Waals surface area contributed by atoms with Crippen molar-refractivity contribution in [3.63, 3.8) is 0 Å². The lowest BCUT2D eigenvalue weighted by atomic mass is 10.1. The molecule has 3 heterocycles. The first kappa shape index (κ1) is 23.8. The number of nitriles is 1. The van der Waals surface area contributed by atoms with Gasteiger partial charge in [-0.15, -0.1) is 5.10 Å². The highest BCUT2D eigenvalue weighted by Gasteiger charge is 2.28. The van der Waals surface area contributed by atoms with Gasteiger partial charge in [-0.2, -0.15) is 5.26 Å². The van der Waals surface area contributed by atoms with Crippen molar-refractivity contribution in [2.24, 2.45) is 5.73 Å². The number of pyridine rings is 1. The Morgan fingerprint density at radius 3 is 2.94 bits per heavy atom. The van der Waals surface area contributed by atoms with Crippen molar-refractivity contribution in [2.75, 3.05) is 26.2 Å². The maximum absolute atomic E-state index is 12.9. The minimum atomic E-state index is -0.603. The minimum Gasteiger partial charge on any atom is -0.461 e. The van der Waals surface area contributed by atoms with Gasteiger partial charge in [-0.25, -0.2) is 9.48 Å². The number of hydrogen-bond acceptors (Lipinski definition) is 9. The molecule has 180 valence electrons. The van der Waals surface area contributed by atoms with E-state index in [1.54, 1.807) is 24.3 Å². The molecule has 3 N–H and O–H groups in total. The van der Waals surface area contributed by atoms with Crippen molar-refractivity contribution in [3.05, 3.63) is 47.9 Å². The first-order valence-corrected chi connectivity index (χ1v) is 11.2. The number of nitrogens with one attached hydrogen (secondary N) is 1. The number of hydrogen-bond donors (Lipinski definition) is 2. The molecule has 1 aromatic carbocycles. The highest BCUT2D eigenvalue weighted by molar-refractivity contribution is 6.07. The zero-order chi connectivity index (χ0) is 24.8. The van der Waals surface area contributed by atoms with E-state index in [9.17, 15) is 19.6 Å². The second-order valence-corrected chi connectivity index (χ2v) is 7.94. The SMILES string of the molecule is N#C[C@@H]1CCCN1C(=O)CNC(=O)c1ccnc2ccc(-n3cc(C(=O)OCCCN)nn3)cc12. The maximum atomic E-state index is 12.9. The molecule has 12 nitrogen and oxygen atoms in total. The van der Waals surface area contributed by atoms with E-state index in [0.717, 1.165) is 6.42 Å². The molecule has 0 spiro atoms. The molecule has 1 aliphatic rings. The van der Waals surface area contributed by atoms with Crippen molar-refractivity contribution < 1.29 is 19.1 Å². The van der Waals surface area contributed by atoms with E-state index >= 15 is 0 Å². The number of fused-ring (bicyclic) bond motifs is 1. The molecule has 1 fully saturated rings. The number of carbonyl (C=O) groups excluding carboxylic acids is 3. The fourth-order valence-electron chi connectivity index (χ4n) is 3.83. The summed E-state index contributed by atoms with van der Waals surface area (Å²) in [5.74, 6) is -1.35. The number of aromatic nitrogens is 4. The normalized spacial score (nSPS) is 15.1. The zero-order valence-corrected chi connectivity index (χ0v) is 18.9. The predicted molar refractivity (Wildman–Crippen MR) is 123 cm³/mol. The molecule has 12 heteroatoms. The number of ether oxygens (including phenoxy) is 1. The first-order chi connectivity index (χ1) is 17.0. The Morgan fingerprint density at radius 2 is 2.14 bits per heavy atom. The Labute approximate surface area is 200 Å². The molecule has 1 saturated heterocycles. The summed E-state index contributed by atoms with van der Waals surface area (Å²) >= 11 is 0. The summed E-state index contributed by atoms with van der Waals surface area (Å²) < 4.78 is 6.48. The minimum absolute atomic E-state index is 0.0439. The van der Waals surface area contributed by atoms with Gasteiger partial charge in [-0.3, -0.25) is 14.6 Å². The van der Waals surface area contributed by atoms with Crippen LogP contribution in [0.2, 0.25) is 0 Å². The molecule has 0 radical (unpaired) electrons. The average molecular weight is 476 g/mol. The van der Waals surface area contributed by atoms with Crippen LogP contribution in [0.15, 0.2) is 36.7 Å². The van der Waals surface area contributed by atoms with E-state index in [2.05, 4.69) is 26.7 Å². The highest BCUT2D eigenvalue weighted by Crippen LogP contribution is 2.21. The van der Waals surface area contributed by atoms with Gasteiger partial charge in [0, 0.05) is 18.1 Å². The van der Waals surface area contributed by atoms with Crippen LogP contribution in [0.1, 0.15) is 40.1 Å². The number of nitrogens with two attached hydrogens (primary N) is 1. The molecule has 0 aliphatic carbocycles. The van der Waals surface area contributed by atoms with Crippen LogP contribution in [-0.4, -0.2) is 74.9 Å². The largest absolute Gasteiger partial charge is 0.461 e. The quantitative estimate of drug-likeness (QED) is 0.348. The van der Waals surface area contributed by atoms with Crippen molar-refractivity contribution in [1.82, 2.24) is 30.2 Å². The summed E-state index contributed by atoms with van der Waals surface area (Å²) in [6.45, 7) is 0.904. The van der Waals surface area contributed by atoms with Crippen LogP contribution in [0.25, 0.3) is 16.6 Å². The molecule has 1 atom stereocenters. The number of carbonyl (C=O) groups is 3. The second-order valence-electron chi connectivity index (χ2n) is 7.94. The molecule has 3 aromatic rings. The fourth-order valence-corrected chi connectivity index (χ4v) is 3.83. The molecule has 2 aromatic heterocycles. The molecule has 0 unspecified atom stereocenters. The second kappa shape index (κ2) is 10.7. The smallest absolute Gasteiger partial charge is 0.360 e. The Bertz CT molecular complexity index is 1300. The van der Waals surface area contributed by atoms with Gasteiger partial charge in [-0.05, 0) is 50.1 Å². The monoisotopic (exact) mass is 476 g/mol. The van der Waals surface area contributed by atoms with Crippen LogP contribution in [0, 0.1) is 11.3 Å². The lowest BCUT2D eigenvalue weighted by Crippen LogP contribution is -2.42. The number of benzene rings is 1. The third kappa shape index (κ3) is 5.25. The van der Waals surface area contributed by atoms with Crippen LogP contribution >= 0.6 is 0 Å². The Balaban J connectivity index is 1.50. The lowest BCUT2D eigenvalue weighted by molar-refractivity contribution is -0.130. The Hall–Kier alpha value is -4.37. The van der Waals surface area contributed by atoms with Gasteiger partial charge in [0.15, 0.2) is 5.69 Å². The Morgan fingerprint density at radius 1 is 1.29 bits per heavy atom. The van der Waals surface area contributed by atoms with Gasteiger partial charge < -0.3 is 20.7 Å². The number of likely N-dealkylation sites (tertiary alicyclic amines) is 1. The number of rotatable bonds is 8. The van der Waals surface area contributed by atoms with E-state index in [0.29, 0.717) is 48.1 Å². The molecule has 35 heavy (non-hydrogen) atoms. The highest BCUT2D eigenvalue weighted by atomic mass is 16.5. The first-order valence-electron chi connectivity index (χ1n) is 11.2. The van der Waals surface area contributed by atoms with Crippen LogP contribution < -0.4 is 11.1 Å². The molecule has 1 aliphatic heterocycles. The summed E-state index contributed by atoms with van der Waals surface area (Å²) in [5.41, 5.74) is 6.89. The van der Waals surface area contributed by atoms with Gasteiger partial charge >= 0.3 is 5.97 Å². The predicted octanol–water partition coefficient (Wildman–Crippen LogP) is 0.565. The van der Waals surface area contributed by atoms with Gasteiger partial charge in [0.05, 0.1) is 42.2 Å². The summed E-state index contributed by atoms with van der Waals surface area (Å²) in [6.07, 6.45) is 4.90. The third-order valence-corrected chi connectivity index (χ3v) is 5.64. The van der Waals surface area contributed by atoms with E-state index < -0.39 is 17.9 Å². The molecular formula is C23H24N8O4. The van der Waals surface area contributed by atoms with E-state index in [1.165, 1.54) is 22.0 Å². The molecular weight excluding hydrogens is 452 g/mol. The fraction of sp³-hybridized carbons (Fsp3) is 0.348. The maximum Gasteiger partial charge on any atom is 0.360 e. The zero-order valence-electron chi connectivity index (χ0n) is 18.9.